The van der Waals surface area contributed by atoms with Crippen molar-refractivity contribution in [2.24, 2.45) is 0 Å². The maximum absolute atomic E-state index is 9.09. The smallest absolute Gasteiger partial charge is 0.137 e. The predicted molar refractivity (Wildman–Crippen MR) is 58.1 cm³/mol. The van der Waals surface area contributed by atoms with Crippen LogP contribution in [-0.4, -0.2) is 31.0 Å². The molecular formula is C10H20O2Si. The van der Waals surface area contributed by atoms with Gasteiger partial charge in [0.05, 0.1) is 6.61 Å². The van der Waals surface area contributed by atoms with Gasteiger partial charge in [0.15, 0.2) is 0 Å². The van der Waals surface area contributed by atoms with Crippen LogP contribution in [0.1, 0.15) is 20.8 Å². The summed E-state index contributed by atoms with van der Waals surface area (Å²) in [6, 6.07) is 0. The lowest BCUT2D eigenvalue weighted by molar-refractivity contribution is 0.138. The molecule has 0 radical (unpaired) electrons. The van der Waals surface area contributed by atoms with Crippen LogP contribution in [0.25, 0.3) is 0 Å². The van der Waals surface area contributed by atoms with Crippen LogP contribution in [-0.2, 0) is 0 Å². The maximum atomic E-state index is 9.09. The van der Waals surface area contributed by atoms with Crippen molar-refractivity contribution < 1.29 is 10.2 Å². The molecular weight excluding hydrogens is 180 g/mol. The molecule has 2 nitrogen and oxygen atoms in total. The van der Waals surface area contributed by atoms with Crippen LogP contribution in [0.3, 0.4) is 0 Å². The summed E-state index contributed by atoms with van der Waals surface area (Å²) in [6.45, 7) is 10.6. The van der Waals surface area contributed by atoms with E-state index >= 15 is 0 Å². The van der Waals surface area contributed by atoms with Crippen molar-refractivity contribution in [1.82, 2.24) is 0 Å². The van der Waals surface area contributed by atoms with Crippen molar-refractivity contribution in [2.45, 2.75) is 45.0 Å². The van der Waals surface area contributed by atoms with Crippen molar-refractivity contribution in [3.8, 4) is 11.5 Å². The first kappa shape index (κ1) is 12.7. The largest absolute Gasteiger partial charge is 0.393 e. The van der Waals surface area contributed by atoms with Gasteiger partial charge in [-0.15, -0.1) is 5.54 Å². The molecule has 0 rings (SSSR count). The minimum Gasteiger partial charge on any atom is -0.393 e. The van der Waals surface area contributed by atoms with Crippen molar-refractivity contribution in [2.75, 3.05) is 6.61 Å². The Bertz CT molecular complexity index is 217. The lowest BCUT2D eigenvalue weighted by atomic mass is 10.2. The SMILES string of the molecule is CC(C)(C)[Si](C)(C)C#CC(O)CO. The Morgan fingerprint density at radius 1 is 1.31 bits per heavy atom. The van der Waals surface area contributed by atoms with Crippen molar-refractivity contribution in [3.63, 3.8) is 0 Å². The zero-order valence-electron chi connectivity index (χ0n) is 9.18. The van der Waals surface area contributed by atoms with E-state index in [1.54, 1.807) is 0 Å². The molecule has 0 heterocycles. The number of aliphatic hydroxyl groups excluding tert-OH is 2. The van der Waals surface area contributed by atoms with E-state index in [0.717, 1.165) is 0 Å². The third-order valence-corrected chi connectivity index (χ3v) is 7.12. The Morgan fingerprint density at radius 2 is 1.77 bits per heavy atom. The van der Waals surface area contributed by atoms with Crippen LogP contribution >= 0.6 is 0 Å². The van der Waals surface area contributed by atoms with E-state index in [0.29, 0.717) is 0 Å². The fraction of sp³-hybridized carbons (Fsp3) is 0.800. The van der Waals surface area contributed by atoms with Crippen LogP contribution < -0.4 is 0 Å². The number of rotatable bonds is 1. The Labute approximate surface area is 82.0 Å². The summed E-state index contributed by atoms with van der Waals surface area (Å²) >= 11 is 0. The minimum absolute atomic E-state index is 0.204. The molecule has 2 N–H and O–H groups in total. The second-order valence-corrected chi connectivity index (χ2v) is 9.84. The summed E-state index contributed by atoms with van der Waals surface area (Å²) in [6.07, 6.45) is -0.880. The molecule has 1 atom stereocenters. The quantitative estimate of drug-likeness (QED) is 0.496. The zero-order valence-corrected chi connectivity index (χ0v) is 10.2. The Kier molecular flexibility index (Phi) is 4.17. The summed E-state index contributed by atoms with van der Waals surface area (Å²) in [5, 5.41) is 17.9. The molecule has 13 heavy (non-hydrogen) atoms. The van der Waals surface area contributed by atoms with E-state index in [4.69, 9.17) is 10.2 Å². The van der Waals surface area contributed by atoms with Crippen molar-refractivity contribution >= 4 is 8.07 Å². The van der Waals surface area contributed by atoms with E-state index in [-0.39, 0.29) is 11.6 Å². The van der Waals surface area contributed by atoms with Crippen molar-refractivity contribution in [1.29, 1.82) is 0 Å². The molecule has 0 bridgehead atoms. The molecule has 0 aliphatic heterocycles. The molecule has 0 aromatic rings. The van der Waals surface area contributed by atoms with E-state index in [2.05, 4.69) is 45.3 Å². The van der Waals surface area contributed by atoms with Gasteiger partial charge in [0.25, 0.3) is 0 Å². The molecule has 0 aromatic heterocycles. The first-order valence-corrected chi connectivity index (χ1v) is 7.52. The van der Waals surface area contributed by atoms with Crippen LogP contribution in [0.2, 0.25) is 18.1 Å². The molecule has 0 fully saturated rings. The zero-order chi connectivity index (χ0) is 10.7. The summed E-state index contributed by atoms with van der Waals surface area (Å²) in [5.41, 5.74) is 3.13. The van der Waals surface area contributed by atoms with E-state index in [9.17, 15) is 0 Å². The molecule has 0 aliphatic carbocycles. The van der Waals surface area contributed by atoms with Crippen molar-refractivity contribution in [3.05, 3.63) is 0 Å². The van der Waals surface area contributed by atoms with E-state index < -0.39 is 14.2 Å². The van der Waals surface area contributed by atoms with Crippen LogP contribution in [0.15, 0.2) is 0 Å². The maximum Gasteiger partial charge on any atom is 0.137 e. The first-order valence-electron chi connectivity index (χ1n) is 4.52. The molecule has 1 unspecified atom stereocenters. The van der Waals surface area contributed by atoms with Crippen LogP contribution in [0.4, 0.5) is 0 Å². The lowest BCUT2D eigenvalue weighted by Crippen LogP contribution is -2.36. The predicted octanol–water partition coefficient (Wildman–Crippen LogP) is 1.39. The Hall–Kier alpha value is -0.303. The second-order valence-electron chi connectivity index (χ2n) is 4.84. The lowest BCUT2D eigenvalue weighted by Gasteiger charge is -2.31. The molecule has 0 saturated heterocycles. The molecule has 0 amide bonds. The van der Waals surface area contributed by atoms with Gasteiger partial charge in [-0.25, -0.2) is 0 Å². The average Bonchev–Trinajstić information content (AvgIpc) is 1.98. The van der Waals surface area contributed by atoms with Gasteiger partial charge >= 0.3 is 0 Å². The third-order valence-electron chi connectivity index (χ3n) is 2.60. The Balaban J connectivity index is 4.56. The van der Waals surface area contributed by atoms with Gasteiger partial charge < -0.3 is 10.2 Å². The summed E-state index contributed by atoms with van der Waals surface area (Å²) in [4.78, 5) is 0. The highest BCUT2D eigenvalue weighted by Gasteiger charge is 2.33. The molecule has 3 heteroatoms. The molecule has 0 spiro atoms. The standard InChI is InChI=1S/C10H20O2Si/c1-10(2,3)13(4,5)7-6-9(12)8-11/h9,11-12H,8H2,1-5H3. The Morgan fingerprint density at radius 3 is 2.08 bits per heavy atom. The minimum atomic E-state index is -1.62. The summed E-state index contributed by atoms with van der Waals surface area (Å²) < 4.78 is 0. The molecule has 0 saturated carbocycles. The molecule has 76 valence electrons. The fourth-order valence-electron chi connectivity index (χ4n) is 0.497. The van der Waals surface area contributed by atoms with E-state index in [1.165, 1.54) is 0 Å². The van der Waals surface area contributed by atoms with Gasteiger partial charge in [-0.2, -0.15) is 0 Å². The first-order chi connectivity index (χ1) is 5.70. The number of hydrogen-bond donors (Lipinski definition) is 2. The monoisotopic (exact) mass is 200 g/mol. The van der Waals surface area contributed by atoms with Gasteiger partial charge in [-0.3, -0.25) is 0 Å². The average molecular weight is 200 g/mol. The topological polar surface area (TPSA) is 40.5 Å². The number of hydrogen-bond acceptors (Lipinski definition) is 2. The second kappa shape index (κ2) is 4.27. The molecule has 0 aromatic carbocycles. The summed E-state index contributed by atoms with van der Waals surface area (Å²) in [7, 11) is -1.62. The highest BCUT2D eigenvalue weighted by molar-refractivity contribution is 6.87. The van der Waals surface area contributed by atoms with Crippen LogP contribution in [0, 0.1) is 11.5 Å². The van der Waals surface area contributed by atoms with Gasteiger partial charge in [0.2, 0.25) is 0 Å². The van der Waals surface area contributed by atoms with Gasteiger partial charge in [-0.1, -0.05) is 39.8 Å². The van der Waals surface area contributed by atoms with Gasteiger partial charge in [-0.05, 0) is 5.04 Å². The fourth-order valence-corrected chi connectivity index (χ4v) is 1.40. The summed E-state index contributed by atoms with van der Waals surface area (Å²) in [5.74, 6) is 2.70. The van der Waals surface area contributed by atoms with Gasteiger partial charge in [0, 0.05) is 0 Å². The normalized spacial score (nSPS) is 14.7. The third kappa shape index (κ3) is 3.95. The molecule has 0 aliphatic rings. The number of aliphatic hydroxyl groups is 2. The highest BCUT2D eigenvalue weighted by Crippen LogP contribution is 2.35. The van der Waals surface area contributed by atoms with Crippen LogP contribution in [0.5, 0.6) is 0 Å². The van der Waals surface area contributed by atoms with Gasteiger partial charge in [0.1, 0.15) is 14.2 Å². The van der Waals surface area contributed by atoms with E-state index in [1.807, 2.05) is 0 Å². The highest BCUT2D eigenvalue weighted by atomic mass is 28.3.